The molecule has 0 aromatic heterocycles. The summed E-state index contributed by atoms with van der Waals surface area (Å²) in [5.74, 6) is -1.50. The number of aryl methyl sites for hydroxylation is 1. The number of halogens is 3. The maximum atomic E-state index is 12.9. The maximum Gasteiger partial charge on any atom is 0.416 e. The molecule has 0 aliphatic carbocycles. The van der Waals surface area contributed by atoms with E-state index in [0.29, 0.717) is 38.0 Å². The van der Waals surface area contributed by atoms with Gasteiger partial charge < -0.3 is 15.6 Å². The first-order valence-electron chi connectivity index (χ1n) is 11.2. The van der Waals surface area contributed by atoms with E-state index in [9.17, 15) is 27.9 Å². The first kappa shape index (κ1) is 25.1. The number of nitrogens with two attached hydrogens (primary N) is 1. The molecule has 35 heavy (non-hydrogen) atoms. The minimum Gasteiger partial charge on any atom is -0.478 e. The highest BCUT2D eigenvalue weighted by atomic mass is 32.2. The van der Waals surface area contributed by atoms with E-state index in [1.165, 1.54) is 12.1 Å². The predicted octanol–water partition coefficient (Wildman–Crippen LogP) is 5.53. The Bertz CT molecular complexity index is 1200. The fourth-order valence-corrected chi connectivity index (χ4v) is 8.01. The summed E-state index contributed by atoms with van der Waals surface area (Å²) in [5, 5.41) is 9.19. The van der Waals surface area contributed by atoms with Crippen LogP contribution in [0.3, 0.4) is 0 Å². The van der Waals surface area contributed by atoms with Crippen LogP contribution in [0.15, 0.2) is 69.5 Å². The largest absolute Gasteiger partial charge is 0.478 e. The highest BCUT2D eigenvalue weighted by Crippen LogP contribution is 2.63. The van der Waals surface area contributed by atoms with Gasteiger partial charge in [-0.25, -0.2) is 4.79 Å². The van der Waals surface area contributed by atoms with Crippen molar-refractivity contribution in [3.8, 4) is 0 Å². The number of thiol groups is 1. The summed E-state index contributed by atoms with van der Waals surface area (Å²) >= 11 is 0. The topological polar surface area (TPSA) is 89.6 Å². The number of primary amides is 1. The van der Waals surface area contributed by atoms with Crippen LogP contribution in [0, 0.1) is 0 Å². The van der Waals surface area contributed by atoms with E-state index in [-0.39, 0.29) is 10.8 Å². The Balaban J connectivity index is 1.66. The first-order valence-corrected chi connectivity index (χ1v) is 12.6. The molecule has 0 saturated carbocycles. The Hall–Kier alpha value is -3.04. The van der Waals surface area contributed by atoms with Gasteiger partial charge >= 0.3 is 12.1 Å². The molecule has 2 atom stereocenters. The van der Waals surface area contributed by atoms with Crippen LogP contribution in [-0.4, -0.2) is 30.2 Å². The molecule has 0 saturated heterocycles. The van der Waals surface area contributed by atoms with Crippen LogP contribution >= 0.6 is 10.9 Å². The van der Waals surface area contributed by atoms with Crippen molar-refractivity contribution >= 4 is 22.8 Å². The number of amides is 1. The molecule has 0 radical (unpaired) electrons. The molecule has 4 rings (SSSR count). The molecule has 0 bridgehead atoms. The van der Waals surface area contributed by atoms with Crippen molar-refractivity contribution in [3.63, 3.8) is 0 Å². The minimum atomic E-state index is -4.39. The second-order valence-electron chi connectivity index (χ2n) is 8.58. The van der Waals surface area contributed by atoms with E-state index in [1.807, 2.05) is 6.92 Å². The van der Waals surface area contributed by atoms with Crippen LogP contribution in [0.2, 0.25) is 0 Å². The van der Waals surface area contributed by atoms with E-state index in [4.69, 9.17) is 10.5 Å². The normalized spacial score (nSPS) is 20.1. The average molecular weight is 506 g/mol. The predicted molar refractivity (Wildman–Crippen MR) is 129 cm³/mol. The first-order chi connectivity index (χ1) is 16.6. The molecule has 5 nitrogen and oxygen atoms in total. The van der Waals surface area contributed by atoms with Crippen LogP contribution < -0.4 is 5.73 Å². The summed E-state index contributed by atoms with van der Waals surface area (Å²) in [6.07, 6.45) is -2.86. The highest BCUT2D eigenvalue weighted by Gasteiger charge is 2.38. The third kappa shape index (κ3) is 5.16. The van der Waals surface area contributed by atoms with Gasteiger partial charge in [0.15, 0.2) is 0 Å². The second kappa shape index (κ2) is 9.91. The molecular weight excluding hydrogens is 479 g/mol. The summed E-state index contributed by atoms with van der Waals surface area (Å²) in [5.41, 5.74) is 8.48. The summed E-state index contributed by atoms with van der Waals surface area (Å²) in [4.78, 5) is 25.8. The number of aromatic carboxylic acids is 1. The Kier molecular flexibility index (Phi) is 7.10. The van der Waals surface area contributed by atoms with Crippen molar-refractivity contribution < 1.29 is 32.6 Å². The molecule has 3 N–H and O–H groups in total. The van der Waals surface area contributed by atoms with Gasteiger partial charge in [0, 0.05) is 5.25 Å². The fourth-order valence-electron chi connectivity index (χ4n) is 4.70. The zero-order valence-electron chi connectivity index (χ0n) is 19.1. The standard InChI is InChI=1S/C26H26F3NO4S/c1-15(17-5-7-18(8-6-17)25(32)33)35-21(23(24(30)31)20-12-13-34-14-22(20)35)11-4-16-2-9-19(10-3-16)26(27,28)29/h2-3,5-10,15,35H,4,11-14H2,1H3,(H2,30,31)(H,32,33)/t15-/m0/s1. The lowest BCUT2D eigenvalue weighted by Crippen LogP contribution is -2.18. The molecule has 0 fully saturated rings. The number of allylic oxidation sites excluding steroid dienone is 1. The van der Waals surface area contributed by atoms with E-state index in [0.717, 1.165) is 38.6 Å². The minimum absolute atomic E-state index is 0.0287. The molecule has 2 aromatic carbocycles. The molecular formula is C26H26F3NO4S. The number of carbonyl (C=O) groups is 2. The maximum absolute atomic E-state index is 12.9. The zero-order valence-corrected chi connectivity index (χ0v) is 20.0. The van der Waals surface area contributed by atoms with Crippen LogP contribution in [0.5, 0.6) is 0 Å². The van der Waals surface area contributed by atoms with Gasteiger partial charge in [-0.3, -0.25) is 4.79 Å². The number of carboxylic acids is 1. The lowest BCUT2D eigenvalue weighted by atomic mass is 9.98. The number of benzene rings is 2. The van der Waals surface area contributed by atoms with Gasteiger partial charge in [-0.15, -0.1) is 0 Å². The Morgan fingerprint density at radius 3 is 2.31 bits per heavy atom. The van der Waals surface area contributed by atoms with Crippen molar-refractivity contribution in [1.29, 1.82) is 0 Å². The number of carboxylic acid groups (broad SMARTS) is 1. The van der Waals surface area contributed by atoms with Gasteiger partial charge in [0.25, 0.3) is 0 Å². The van der Waals surface area contributed by atoms with Crippen molar-refractivity contribution in [1.82, 2.24) is 0 Å². The third-order valence-electron chi connectivity index (χ3n) is 6.46. The molecule has 186 valence electrons. The summed E-state index contributed by atoms with van der Waals surface area (Å²) in [6.45, 7) is 2.94. The lowest BCUT2D eigenvalue weighted by Gasteiger charge is -2.32. The Labute approximate surface area is 203 Å². The fraction of sp³-hybridized carbons (Fsp3) is 0.308. The van der Waals surface area contributed by atoms with E-state index in [2.05, 4.69) is 0 Å². The van der Waals surface area contributed by atoms with Crippen molar-refractivity contribution in [2.75, 3.05) is 13.2 Å². The van der Waals surface area contributed by atoms with Gasteiger partial charge in [0.05, 0.1) is 29.9 Å². The van der Waals surface area contributed by atoms with E-state index in [1.54, 1.807) is 24.3 Å². The Morgan fingerprint density at radius 2 is 1.74 bits per heavy atom. The van der Waals surface area contributed by atoms with Crippen molar-refractivity contribution in [2.24, 2.45) is 5.73 Å². The lowest BCUT2D eigenvalue weighted by molar-refractivity contribution is -0.137. The smallest absolute Gasteiger partial charge is 0.416 e. The van der Waals surface area contributed by atoms with Crippen molar-refractivity contribution in [3.05, 3.63) is 91.7 Å². The quantitative estimate of drug-likeness (QED) is 0.432. The number of rotatable bonds is 7. The van der Waals surface area contributed by atoms with Gasteiger partial charge in [-0.2, -0.15) is 24.1 Å². The van der Waals surface area contributed by atoms with Crippen LogP contribution in [0.1, 0.15) is 52.1 Å². The molecule has 1 unspecified atom stereocenters. The molecule has 2 heterocycles. The number of ether oxygens (including phenoxy) is 1. The van der Waals surface area contributed by atoms with Crippen LogP contribution in [-0.2, 0) is 22.1 Å². The van der Waals surface area contributed by atoms with Gasteiger partial charge in [0.2, 0.25) is 5.91 Å². The van der Waals surface area contributed by atoms with Crippen LogP contribution in [0.4, 0.5) is 13.2 Å². The van der Waals surface area contributed by atoms with E-state index >= 15 is 0 Å². The molecule has 2 aliphatic heterocycles. The molecule has 2 aliphatic rings. The molecule has 1 amide bonds. The highest BCUT2D eigenvalue weighted by molar-refractivity contribution is 8.24. The monoisotopic (exact) mass is 505 g/mol. The number of carbonyl (C=O) groups excluding carboxylic acids is 1. The second-order valence-corrected chi connectivity index (χ2v) is 11.2. The summed E-state index contributed by atoms with van der Waals surface area (Å²) in [7, 11) is -1.02. The van der Waals surface area contributed by atoms with Gasteiger partial charge in [-0.05, 0) is 70.0 Å². The molecule has 9 heteroatoms. The zero-order chi connectivity index (χ0) is 25.3. The van der Waals surface area contributed by atoms with Crippen LogP contribution in [0.25, 0.3) is 0 Å². The summed E-state index contributed by atoms with van der Waals surface area (Å²) in [6, 6.07) is 11.8. The number of hydrogen-bond acceptors (Lipinski definition) is 3. The Morgan fingerprint density at radius 1 is 1.09 bits per heavy atom. The van der Waals surface area contributed by atoms with Crippen molar-refractivity contribution in [2.45, 2.75) is 37.6 Å². The molecule has 0 spiro atoms. The SMILES string of the molecule is C[C@@H](c1ccc(C(=O)O)cc1)[SH]1C2=C(CCOC2)C(C(N)=O)=C1CCc1ccc(C(F)(F)F)cc1. The third-order valence-corrected chi connectivity index (χ3v) is 9.54. The van der Waals surface area contributed by atoms with Gasteiger partial charge in [0.1, 0.15) is 0 Å². The number of alkyl halides is 3. The van der Waals surface area contributed by atoms with Gasteiger partial charge in [-0.1, -0.05) is 31.2 Å². The summed E-state index contributed by atoms with van der Waals surface area (Å²) < 4.78 is 44.5. The van der Waals surface area contributed by atoms with E-state index < -0.39 is 34.5 Å². The molecule has 2 aromatic rings. The average Bonchev–Trinajstić information content (AvgIpc) is 3.16. The number of hydrogen-bond donors (Lipinski definition) is 3.